The number of nitrogens with one attached hydrogen (secondary N) is 1. The number of carbonyl (C=O) groups is 2. The van der Waals surface area contributed by atoms with Crippen LogP contribution in [-0.2, 0) is 9.53 Å². The number of hydrogen-bond acceptors (Lipinski definition) is 7. The van der Waals surface area contributed by atoms with Crippen LogP contribution >= 0.6 is 0 Å². The van der Waals surface area contributed by atoms with Crippen LogP contribution in [0.3, 0.4) is 0 Å². The molecule has 0 saturated carbocycles. The Bertz CT molecular complexity index is 1210. The SMILES string of the molecule is CCOc1cc2nc(C3CCOCC3)cn2cc1NC(=O)c1cccc(OC)n1.O=C(O)C(F)(F)F. The van der Waals surface area contributed by atoms with Crippen LogP contribution in [0.15, 0.2) is 36.7 Å². The lowest BCUT2D eigenvalue weighted by Crippen LogP contribution is -2.21. The van der Waals surface area contributed by atoms with Crippen molar-refractivity contribution in [2.45, 2.75) is 31.9 Å². The van der Waals surface area contributed by atoms with Crippen molar-refractivity contribution in [3.63, 3.8) is 0 Å². The summed E-state index contributed by atoms with van der Waals surface area (Å²) in [6, 6.07) is 6.90. The molecule has 3 aromatic rings. The Balaban J connectivity index is 0.000000454. The third-order valence-corrected chi connectivity index (χ3v) is 5.17. The molecule has 194 valence electrons. The first-order chi connectivity index (χ1) is 17.1. The largest absolute Gasteiger partial charge is 0.491 e. The number of aromatic nitrogens is 3. The number of methoxy groups -OCH3 is 1. The first-order valence-corrected chi connectivity index (χ1v) is 11.0. The van der Waals surface area contributed by atoms with Gasteiger partial charge in [0.1, 0.15) is 22.8 Å². The number of fused-ring (bicyclic) bond motifs is 1. The monoisotopic (exact) mass is 510 g/mol. The number of ether oxygens (including phenoxy) is 3. The van der Waals surface area contributed by atoms with Gasteiger partial charge < -0.3 is 29.0 Å². The molecule has 0 radical (unpaired) electrons. The highest BCUT2D eigenvalue weighted by Crippen LogP contribution is 2.31. The zero-order valence-electron chi connectivity index (χ0n) is 19.5. The summed E-state index contributed by atoms with van der Waals surface area (Å²) in [5.74, 6) is -1.76. The molecule has 4 heterocycles. The van der Waals surface area contributed by atoms with Gasteiger partial charge in [-0.05, 0) is 25.8 Å². The van der Waals surface area contributed by atoms with Gasteiger partial charge in [-0.25, -0.2) is 14.8 Å². The predicted octanol–water partition coefficient (Wildman–Crippen LogP) is 3.92. The fraction of sp³-hybridized carbons (Fsp3) is 0.391. The number of nitrogens with zero attached hydrogens (tertiary/aromatic N) is 3. The van der Waals surface area contributed by atoms with Crippen LogP contribution in [0.4, 0.5) is 18.9 Å². The average Bonchev–Trinajstić information content (AvgIpc) is 3.27. The van der Waals surface area contributed by atoms with Gasteiger partial charge in [0.15, 0.2) is 0 Å². The van der Waals surface area contributed by atoms with E-state index in [1.807, 2.05) is 29.8 Å². The highest BCUT2D eigenvalue weighted by atomic mass is 19.4. The summed E-state index contributed by atoms with van der Waals surface area (Å²) < 4.78 is 50.0. The standard InChI is InChI=1S/C21H24N4O4.C2HF3O2/c1-3-29-18-11-19-22-16(14-7-9-28-10-8-14)12-25(19)13-17(18)24-21(26)15-5-4-6-20(23-15)27-2;3-2(4,5)1(6)7/h4-6,11-14H,3,7-10H2,1-2H3,(H,24,26);(H,6,7). The molecule has 1 amide bonds. The predicted molar refractivity (Wildman–Crippen MR) is 122 cm³/mol. The fourth-order valence-corrected chi connectivity index (χ4v) is 3.44. The number of alkyl halides is 3. The molecule has 0 bridgehead atoms. The second-order valence-corrected chi connectivity index (χ2v) is 7.62. The Morgan fingerprint density at radius 1 is 1.22 bits per heavy atom. The van der Waals surface area contributed by atoms with Crippen LogP contribution in [-0.4, -0.2) is 64.5 Å². The summed E-state index contributed by atoms with van der Waals surface area (Å²) in [4.78, 5) is 30.6. The molecule has 0 aliphatic carbocycles. The molecule has 2 N–H and O–H groups in total. The Hall–Kier alpha value is -3.87. The van der Waals surface area contributed by atoms with E-state index in [0.717, 1.165) is 37.4 Å². The lowest BCUT2D eigenvalue weighted by atomic mass is 9.97. The van der Waals surface area contributed by atoms with E-state index in [0.29, 0.717) is 29.8 Å². The smallest absolute Gasteiger partial charge is 0.490 e. The van der Waals surface area contributed by atoms with Crippen LogP contribution in [0.25, 0.3) is 5.65 Å². The van der Waals surface area contributed by atoms with Crippen LogP contribution in [0.2, 0.25) is 0 Å². The first-order valence-electron chi connectivity index (χ1n) is 11.0. The van der Waals surface area contributed by atoms with Crippen molar-refractivity contribution in [1.29, 1.82) is 0 Å². The number of carboxylic acids is 1. The normalized spacial score (nSPS) is 14.0. The maximum absolute atomic E-state index is 12.7. The van der Waals surface area contributed by atoms with Gasteiger partial charge in [-0.15, -0.1) is 0 Å². The Morgan fingerprint density at radius 3 is 2.53 bits per heavy atom. The topological polar surface area (TPSA) is 124 Å². The molecule has 13 heteroatoms. The minimum absolute atomic E-state index is 0.264. The number of hydrogen-bond donors (Lipinski definition) is 2. The van der Waals surface area contributed by atoms with Gasteiger partial charge in [0.05, 0.1) is 19.4 Å². The highest BCUT2D eigenvalue weighted by molar-refractivity contribution is 6.03. The molecule has 0 aromatic carbocycles. The third-order valence-electron chi connectivity index (χ3n) is 5.17. The van der Waals surface area contributed by atoms with E-state index in [9.17, 15) is 18.0 Å². The number of carbonyl (C=O) groups excluding carboxylic acids is 1. The van der Waals surface area contributed by atoms with E-state index < -0.39 is 12.1 Å². The minimum Gasteiger partial charge on any atom is -0.491 e. The van der Waals surface area contributed by atoms with E-state index >= 15 is 0 Å². The van der Waals surface area contributed by atoms with E-state index in [1.165, 1.54) is 7.11 Å². The van der Waals surface area contributed by atoms with Gasteiger partial charge >= 0.3 is 12.1 Å². The summed E-state index contributed by atoms with van der Waals surface area (Å²) in [6.07, 6.45) is 0.690. The average molecular weight is 510 g/mol. The van der Waals surface area contributed by atoms with Crippen molar-refractivity contribution in [1.82, 2.24) is 14.4 Å². The molecule has 10 nitrogen and oxygen atoms in total. The van der Waals surface area contributed by atoms with Crippen LogP contribution in [0.5, 0.6) is 11.6 Å². The molecule has 4 rings (SSSR count). The van der Waals surface area contributed by atoms with Crippen molar-refractivity contribution in [2.75, 3.05) is 32.2 Å². The zero-order valence-corrected chi connectivity index (χ0v) is 19.5. The second kappa shape index (κ2) is 11.7. The lowest BCUT2D eigenvalue weighted by Gasteiger charge is -2.19. The Labute approximate surface area is 204 Å². The number of pyridine rings is 2. The molecular formula is C23H25F3N4O6. The van der Waals surface area contributed by atoms with Gasteiger partial charge in [0.25, 0.3) is 5.91 Å². The molecule has 0 unspecified atom stereocenters. The maximum Gasteiger partial charge on any atom is 0.490 e. The van der Waals surface area contributed by atoms with E-state index in [2.05, 4.69) is 10.3 Å². The zero-order chi connectivity index (χ0) is 26.3. The van der Waals surface area contributed by atoms with Gasteiger partial charge in [-0.1, -0.05) is 6.07 Å². The molecular weight excluding hydrogens is 485 g/mol. The molecule has 0 atom stereocenters. The maximum atomic E-state index is 12.7. The number of amides is 1. The molecule has 1 saturated heterocycles. The molecule has 36 heavy (non-hydrogen) atoms. The van der Waals surface area contributed by atoms with Crippen LogP contribution < -0.4 is 14.8 Å². The summed E-state index contributed by atoms with van der Waals surface area (Å²) in [6.45, 7) is 3.90. The van der Waals surface area contributed by atoms with Crippen LogP contribution in [0.1, 0.15) is 41.9 Å². The molecule has 1 fully saturated rings. The van der Waals surface area contributed by atoms with Gasteiger partial charge in [-0.3, -0.25) is 4.79 Å². The van der Waals surface area contributed by atoms with Crippen LogP contribution in [0, 0.1) is 0 Å². The Morgan fingerprint density at radius 2 is 1.92 bits per heavy atom. The summed E-state index contributed by atoms with van der Waals surface area (Å²) in [7, 11) is 1.51. The fourth-order valence-electron chi connectivity index (χ4n) is 3.44. The van der Waals surface area contributed by atoms with E-state index in [-0.39, 0.29) is 11.6 Å². The summed E-state index contributed by atoms with van der Waals surface area (Å²) >= 11 is 0. The molecule has 1 aliphatic rings. The molecule has 1 aliphatic heterocycles. The second-order valence-electron chi connectivity index (χ2n) is 7.62. The lowest BCUT2D eigenvalue weighted by molar-refractivity contribution is -0.192. The highest BCUT2D eigenvalue weighted by Gasteiger charge is 2.38. The van der Waals surface area contributed by atoms with E-state index in [4.69, 9.17) is 29.1 Å². The van der Waals surface area contributed by atoms with Crippen molar-refractivity contribution in [3.05, 3.63) is 48.0 Å². The quantitative estimate of drug-likeness (QED) is 0.512. The number of aliphatic carboxylic acids is 1. The number of rotatable bonds is 6. The number of carboxylic acid groups (broad SMARTS) is 1. The number of anilines is 1. The van der Waals surface area contributed by atoms with Gasteiger partial charge in [0.2, 0.25) is 5.88 Å². The first kappa shape index (κ1) is 26.7. The van der Waals surface area contributed by atoms with Crippen molar-refractivity contribution < 1.29 is 42.1 Å². The minimum atomic E-state index is -5.08. The van der Waals surface area contributed by atoms with Crippen molar-refractivity contribution in [3.8, 4) is 11.6 Å². The van der Waals surface area contributed by atoms with Crippen molar-refractivity contribution >= 4 is 23.2 Å². The molecule has 3 aromatic heterocycles. The number of imidazole rings is 1. The van der Waals surface area contributed by atoms with Gasteiger partial charge in [0, 0.05) is 43.7 Å². The van der Waals surface area contributed by atoms with E-state index in [1.54, 1.807) is 18.2 Å². The Kier molecular flexibility index (Phi) is 8.69. The van der Waals surface area contributed by atoms with Gasteiger partial charge in [-0.2, -0.15) is 13.2 Å². The van der Waals surface area contributed by atoms with Crippen molar-refractivity contribution in [2.24, 2.45) is 0 Å². The summed E-state index contributed by atoms with van der Waals surface area (Å²) in [5.41, 5.74) is 2.64. The third kappa shape index (κ3) is 6.84. The summed E-state index contributed by atoms with van der Waals surface area (Å²) in [5, 5.41) is 10.0. The molecule has 0 spiro atoms. The number of halogens is 3.